The molecule has 1 aromatic rings. The molecule has 0 radical (unpaired) electrons. The van der Waals surface area contributed by atoms with E-state index in [-0.39, 0.29) is 17.2 Å². The molecule has 0 aliphatic carbocycles. The molecule has 106 valence electrons. The van der Waals surface area contributed by atoms with E-state index in [0.29, 0.717) is 0 Å². The van der Waals surface area contributed by atoms with Gasteiger partial charge in [-0.15, -0.1) is 0 Å². The summed E-state index contributed by atoms with van der Waals surface area (Å²) in [6.45, 7) is 9.70. The first-order valence-corrected chi connectivity index (χ1v) is 6.93. The summed E-state index contributed by atoms with van der Waals surface area (Å²) < 4.78 is 6.06. The number of nitrogens with zero attached hydrogens (tertiary/aromatic N) is 1. The van der Waals surface area contributed by atoms with Crippen LogP contribution in [0.3, 0.4) is 0 Å². The SMILES string of the molecule is CN(C)C(C)(C)CNC1c2ccccc2OC1(C)C. The van der Waals surface area contributed by atoms with Crippen molar-refractivity contribution in [3.63, 3.8) is 0 Å². The third-order valence-corrected chi connectivity index (χ3v) is 4.25. The van der Waals surface area contributed by atoms with Gasteiger partial charge in [0.15, 0.2) is 0 Å². The second-order valence-electron chi connectivity index (χ2n) is 6.76. The normalized spacial score (nSPS) is 21.3. The van der Waals surface area contributed by atoms with Gasteiger partial charge in [-0.05, 0) is 47.9 Å². The minimum absolute atomic E-state index is 0.119. The Labute approximate surface area is 116 Å². The maximum atomic E-state index is 6.06. The first-order chi connectivity index (χ1) is 8.74. The van der Waals surface area contributed by atoms with Crippen molar-refractivity contribution in [1.29, 1.82) is 0 Å². The zero-order chi connectivity index (χ0) is 14.3. The second-order valence-corrected chi connectivity index (χ2v) is 6.76. The van der Waals surface area contributed by atoms with Gasteiger partial charge in [0, 0.05) is 17.6 Å². The molecular formula is C16H26N2O. The maximum Gasteiger partial charge on any atom is 0.125 e. The molecule has 3 heteroatoms. The van der Waals surface area contributed by atoms with E-state index in [4.69, 9.17) is 4.74 Å². The summed E-state index contributed by atoms with van der Waals surface area (Å²) in [5, 5.41) is 3.68. The van der Waals surface area contributed by atoms with Crippen LogP contribution in [0.25, 0.3) is 0 Å². The topological polar surface area (TPSA) is 24.5 Å². The molecular weight excluding hydrogens is 236 g/mol. The Balaban J connectivity index is 2.16. The molecule has 1 aliphatic rings. The lowest BCUT2D eigenvalue weighted by Crippen LogP contribution is -2.50. The van der Waals surface area contributed by atoms with Crippen molar-refractivity contribution in [1.82, 2.24) is 10.2 Å². The van der Waals surface area contributed by atoms with Gasteiger partial charge in [0.2, 0.25) is 0 Å². The summed E-state index contributed by atoms with van der Waals surface area (Å²) in [7, 11) is 4.23. The molecule has 1 atom stereocenters. The number of fused-ring (bicyclic) bond motifs is 1. The summed E-state index contributed by atoms with van der Waals surface area (Å²) in [4.78, 5) is 2.24. The van der Waals surface area contributed by atoms with Crippen LogP contribution in [0.1, 0.15) is 39.3 Å². The number of benzene rings is 1. The van der Waals surface area contributed by atoms with Crippen LogP contribution in [0.2, 0.25) is 0 Å². The fraction of sp³-hybridized carbons (Fsp3) is 0.625. The van der Waals surface area contributed by atoms with Crippen molar-refractivity contribution in [2.75, 3.05) is 20.6 Å². The lowest BCUT2D eigenvalue weighted by molar-refractivity contribution is 0.0861. The van der Waals surface area contributed by atoms with Crippen molar-refractivity contribution in [2.45, 2.75) is 44.9 Å². The van der Waals surface area contributed by atoms with E-state index in [9.17, 15) is 0 Å². The molecule has 0 saturated heterocycles. The highest BCUT2D eigenvalue weighted by molar-refractivity contribution is 5.42. The molecule has 0 aromatic heterocycles. The van der Waals surface area contributed by atoms with Gasteiger partial charge in [-0.25, -0.2) is 0 Å². The van der Waals surface area contributed by atoms with Crippen LogP contribution in [-0.4, -0.2) is 36.7 Å². The molecule has 3 nitrogen and oxygen atoms in total. The van der Waals surface area contributed by atoms with Gasteiger partial charge in [-0.3, -0.25) is 0 Å². The fourth-order valence-corrected chi connectivity index (χ4v) is 2.39. The third kappa shape index (κ3) is 2.77. The monoisotopic (exact) mass is 262 g/mol. The summed E-state index contributed by atoms with van der Waals surface area (Å²) in [5.74, 6) is 1.01. The predicted molar refractivity (Wildman–Crippen MR) is 79.7 cm³/mol. The molecule has 1 N–H and O–H groups in total. The molecule has 0 saturated carbocycles. The second kappa shape index (κ2) is 4.80. The van der Waals surface area contributed by atoms with E-state index in [1.165, 1.54) is 5.56 Å². The van der Waals surface area contributed by atoms with Crippen LogP contribution in [0.5, 0.6) is 5.75 Å². The quantitative estimate of drug-likeness (QED) is 0.903. The zero-order valence-electron chi connectivity index (χ0n) is 12.9. The molecule has 1 heterocycles. The average Bonchev–Trinajstić information content (AvgIpc) is 2.56. The first-order valence-electron chi connectivity index (χ1n) is 6.93. The van der Waals surface area contributed by atoms with Crippen molar-refractivity contribution in [2.24, 2.45) is 0 Å². The maximum absolute atomic E-state index is 6.06. The molecule has 0 spiro atoms. The number of para-hydroxylation sites is 1. The number of hydrogen-bond donors (Lipinski definition) is 1. The third-order valence-electron chi connectivity index (χ3n) is 4.25. The molecule has 2 rings (SSSR count). The fourth-order valence-electron chi connectivity index (χ4n) is 2.39. The number of likely N-dealkylation sites (N-methyl/N-ethyl adjacent to an activating group) is 1. The van der Waals surface area contributed by atoms with Gasteiger partial charge in [-0.2, -0.15) is 0 Å². The Hall–Kier alpha value is -1.06. The summed E-state index contributed by atoms with van der Waals surface area (Å²) in [6, 6.07) is 8.55. The van der Waals surface area contributed by atoms with Gasteiger partial charge >= 0.3 is 0 Å². The van der Waals surface area contributed by atoms with E-state index < -0.39 is 0 Å². The highest BCUT2D eigenvalue weighted by Crippen LogP contribution is 2.42. The Morgan fingerprint density at radius 2 is 1.89 bits per heavy atom. The summed E-state index contributed by atoms with van der Waals surface area (Å²) in [6.07, 6.45) is 0. The lowest BCUT2D eigenvalue weighted by Gasteiger charge is -2.36. The van der Waals surface area contributed by atoms with Gasteiger partial charge in [0.25, 0.3) is 0 Å². The molecule has 0 amide bonds. The van der Waals surface area contributed by atoms with Crippen LogP contribution >= 0.6 is 0 Å². The smallest absolute Gasteiger partial charge is 0.125 e. The van der Waals surface area contributed by atoms with Gasteiger partial charge < -0.3 is 15.0 Å². The highest BCUT2D eigenvalue weighted by atomic mass is 16.5. The minimum atomic E-state index is -0.202. The van der Waals surface area contributed by atoms with Crippen LogP contribution < -0.4 is 10.1 Å². The molecule has 1 unspecified atom stereocenters. The number of nitrogens with one attached hydrogen (secondary N) is 1. The number of ether oxygens (including phenoxy) is 1. The van der Waals surface area contributed by atoms with Crippen molar-refractivity contribution in [3.05, 3.63) is 29.8 Å². The van der Waals surface area contributed by atoms with Crippen LogP contribution in [0.15, 0.2) is 24.3 Å². The van der Waals surface area contributed by atoms with E-state index >= 15 is 0 Å². The molecule has 19 heavy (non-hydrogen) atoms. The number of hydrogen-bond acceptors (Lipinski definition) is 3. The van der Waals surface area contributed by atoms with Gasteiger partial charge in [0.05, 0.1) is 6.04 Å². The first kappa shape index (κ1) is 14.4. The molecule has 1 aliphatic heterocycles. The summed E-state index contributed by atoms with van der Waals surface area (Å²) >= 11 is 0. The predicted octanol–water partition coefficient (Wildman–Crippen LogP) is 2.83. The Bertz CT molecular complexity index is 452. The van der Waals surface area contributed by atoms with Crippen LogP contribution in [0.4, 0.5) is 0 Å². The van der Waals surface area contributed by atoms with Gasteiger partial charge in [0.1, 0.15) is 11.4 Å². The average molecular weight is 262 g/mol. The van der Waals surface area contributed by atoms with Gasteiger partial charge in [-0.1, -0.05) is 18.2 Å². The van der Waals surface area contributed by atoms with E-state index in [1.54, 1.807) is 0 Å². The Morgan fingerprint density at radius 3 is 2.53 bits per heavy atom. The molecule has 1 aromatic carbocycles. The standard InChI is InChI=1S/C16H26N2O/c1-15(2,18(5)6)11-17-14-12-9-7-8-10-13(12)19-16(14,3)4/h7-10,14,17H,11H2,1-6H3. The van der Waals surface area contributed by atoms with E-state index in [0.717, 1.165) is 12.3 Å². The molecule has 0 fully saturated rings. The highest BCUT2D eigenvalue weighted by Gasteiger charge is 2.41. The lowest BCUT2D eigenvalue weighted by atomic mass is 9.93. The Morgan fingerprint density at radius 1 is 1.26 bits per heavy atom. The van der Waals surface area contributed by atoms with Crippen molar-refractivity contribution < 1.29 is 4.74 Å². The molecule has 0 bridgehead atoms. The largest absolute Gasteiger partial charge is 0.486 e. The van der Waals surface area contributed by atoms with Crippen LogP contribution in [-0.2, 0) is 0 Å². The van der Waals surface area contributed by atoms with Crippen LogP contribution in [0, 0.1) is 0 Å². The zero-order valence-corrected chi connectivity index (χ0v) is 12.9. The minimum Gasteiger partial charge on any atom is -0.486 e. The van der Waals surface area contributed by atoms with E-state index in [2.05, 4.69) is 70.2 Å². The summed E-state index contributed by atoms with van der Waals surface area (Å²) in [5.41, 5.74) is 1.18. The van der Waals surface area contributed by atoms with E-state index in [1.807, 2.05) is 6.07 Å². The van der Waals surface area contributed by atoms with Crippen molar-refractivity contribution >= 4 is 0 Å². The Kier molecular flexibility index (Phi) is 3.63. The number of rotatable bonds is 4. The van der Waals surface area contributed by atoms with Crippen molar-refractivity contribution in [3.8, 4) is 5.75 Å².